The summed E-state index contributed by atoms with van der Waals surface area (Å²) in [4.78, 5) is 12.5. The van der Waals surface area contributed by atoms with E-state index in [1.807, 2.05) is 66.9 Å². The van der Waals surface area contributed by atoms with Gasteiger partial charge < -0.3 is 24.3 Å². The van der Waals surface area contributed by atoms with E-state index in [0.717, 1.165) is 5.56 Å². The molecular formula is C25H31N6O4P. The maximum absolute atomic E-state index is 13.8. The van der Waals surface area contributed by atoms with Crippen LogP contribution in [-0.2, 0) is 27.2 Å². The minimum atomic E-state index is -3.41. The van der Waals surface area contributed by atoms with Crippen molar-refractivity contribution in [3.8, 4) is 5.75 Å². The molecule has 0 bridgehead atoms. The topological polar surface area (TPSA) is 126 Å². The van der Waals surface area contributed by atoms with Crippen molar-refractivity contribution in [1.29, 1.82) is 0 Å². The Kier molecular flexibility index (Phi) is 8.66. The fourth-order valence-corrected chi connectivity index (χ4v) is 5.14. The lowest BCUT2D eigenvalue weighted by Gasteiger charge is -2.24. The first kappa shape index (κ1) is 25.8. The average molecular weight is 511 g/mol. The monoisotopic (exact) mass is 510 g/mol. The van der Waals surface area contributed by atoms with Gasteiger partial charge in [-0.25, -0.2) is 20.0 Å². The van der Waals surface area contributed by atoms with Gasteiger partial charge in [0.1, 0.15) is 23.9 Å². The smallest absolute Gasteiger partial charge is 0.342 e. The molecule has 0 fully saturated rings. The highest BCUT2D eigenvalue weighted by Crippen LogP contribution is 2.43. The molecule has 10 nitrogen and oxygen atoms in total. The molecule has 2 aromatic heterocycles. The second kappa shape index (κ2) is 12.1. The molecule has 0 saturated carbocycles. The number of nitrogen functional groups attached to an aromatic ring is 1. The van der Waals surface area contributed by atoms with Crippen molar-refractivity contribution < 1.29 is 18.6 Å². The quantitative estimate of drug-likeness (QED) is 0.254. The molecule has 0 radical (unpaired) electrons. The first-order valence-electron chi connectivity index (χ1n) is 11.7. The summed E-state index contributed by atoms with van der Waals surface area (Å²) >= 11 is 0. The van der Waals surface area contributed by atoms with Gasteiger partial charge in [0, 0.05) is 6.54 Å². The molecule has 11 heteroatoms. The highest BCUT2D eigenvalue weighted by Gasteiger charge is 2.27. The molecule has 0 amide bonds. The average Bonchev–Trinajstić information content (AvgIpc) is 3.30. The SMILES string of the molecule is C[C@H](Cn1cnc2c(N)ncnc21)OCP(=O)(NC[C@H](C)OCc1ccccc1)Oc1ccccc1. The highest BCUT2D eigenvalue weighted by atomic mass is 31.2. The van der Waals surface area contributed by atoms with Crippen molar-refractivity contribution in [2.75, 3.05) is 18.6 Å². The number of fused-ring (bicyclic) bond motifs is 1. The van der Waals surface area contributed by atoms with Gasteiger partial charge in [-0.3, -0.25) is 4.57 Å². The molecule has 0 aliphatic heterocycles. The molecule has 4 aromatic rings. The number of nitrogens with two attached hydrogens (primary N) is 1. The minimum absolute atomic E-state index is 0.127. The number of hydrogen-bond donors (Lipinski definition) is 2. The van der Waals surface area contributed by atoms with Crippen LogP contribution in [0, 0.1) is 0 Å². The van der Waals surface area contributed by atoms with Gasteiger partial charge in [-0.1, -0.05) is 48.5 Å². The van der Waals surface area contributed by atoms with Crippen LogP contribution in [0.4, 0.5) is 5.82 Å². The standard InChI is InChI=1S/C25H31N6O4P/c1-19(33-15-21-9-5-3-6-10-21)13-30-36(32,35-22-11-7-4-8-12-22)18-34-20(2)14-31-17-29-23-24(26)27-16-28-25(23)31/h3-12,16-17,19-20H,13-15,18H2,1-2H3,(H,30,32)(H2,26,27,28)/t19-,20+,36?/m0/s1. The predicted octanol–water partition coefficient (Wildman–Crippen LogP) is 4.24. The van der Waals surface area contributed by atoms with E-state index in [1.54, 1.807) is 18.5 Å². The zero-order valence-corrected chi connectivity index (χ0v) is 21.3. The van der Waals surface area contributed by atoms with Crippen molar-refractivity contribution in [2.45, 2.75) is 39.2 Å². The van der Waals surface area contributed by atoms with E-state index >= 15 is 0 Å². The Morgan fingerprint density at radius 3 is 2.44 bits per heavy atom. The molecule has 4 rings (SSSR count). The van der Waals surface area contributed by atoms with Crippen LogP contribution < -0.4 is 15.3 Å². The molecule has 2 heterocycles. The van der Waals surface area contributed by atoms with Gasteiger partial charge in [0.2, 0.25) is 0 Å². The van der Waals surface area contributed by atoms with E-state index in [-0.39, 0.29) is 18.6 Å². The second-order valence-corrected chi connectivity index (χ2v) is 10.6. The minimum Gasteiger partial charge on any atom is -0.431 e. The summed E-state index contributed by atoms with van der Waals surface area (Å²) < 4.78 is 33.4. The van der Waals surface area contributed by atoms with E-state index in [4.69, 9.17) is 19.7 Å². The van der Waals surface area contributed by atoms with Gasteiger partial charge in [-0.05, 0) is 31.5 Å². The number of hydrogen-bond acceptors (Lipinski definition) is 8. The van der Waals surface area contributed by atoms with E-state index in [1.165, 1.54) is 6.33 Å². The van der Waals surface area contributed by atoms with Crippen LogP contribution in [0.15, 0.2) is 73.3 Å². The van der Waals surface area contributed by atoms with Crippen molar-refractivity contribution in [2.24, 2.45) is 0 Å². The van der Waals surface area contributed by atoms with Crippen molar-refractivity contribution in [3.05, 3.63) is 78.9 Å². The first-order valence-corrected chi connectivity index (χ1v) is 13.5. The van der Waals surface area contributed by atoms with Gasteiger partial charge in [0.05, 0.1) is 31.7 Å². The lowest BCUT2D eigenvalue weighted by molar-refractivity contribution is 0.0547. The van der Waals surface area contributed by atoms with Crippen LogP contribution in [0.2, 0.25) is 0 Å². The number of imidazole rings is 1. The Hall–Kier alpha value is -3.30. The number of aromatic nitrogens is 4. The van der Waals surface area contributed by atoms with Crippen LogP contribution in [-0.4, -0.2) is 44.6 Å². The molecule has 190 valence electrons. The molecule has 2 aromatic carbocycles. The number of nitrogens with one attached hydrogen (secondary N) is 1. The van der Waals surface area contributed by atoms with E-state index in [0.29, 0.717) is 42.4 Å². The Bertz CT molecular complexity index is 1290. The molecule has 0 aliphatic carbocycles. The number of nitrogens with zero attached hydrogens (tertiary/aromatic N) is 4. The Balaban J connectivity index is 1.36. The lowest BCUT2D eigenvalue weighted by atomic mass is 10.2. The Labute approximate surface area is 210 Å². The van der Waals surface area contributed by atoms with Crippen LogP contribution in [0.25, 0.3) is 11.2 Å². The van der Waals surface area contributed by atoms with Crippen LogP contribution in [0.3, 0.4) is 0 Å². The third-order valence-corrected chi connectivity index (χ3v) is 7.06. The molecule has 36 heavy (non-hydrogen) atoms. The van der Waals surface area contributed by atoms with Crippen LogP contribution in [0.1, 0.15) is 19.4 Å². The zero-order chi connectivity index (χ0) is 25.4. The fraction of sp³-hybridized carbons (Fsp3) is 0.320. The van der Waals surface area contributed by atoms with E-state index < -0.39 is 7.52 Å². The molecule has 3 N–H and O–H groups in total. The molecule has 0 saturated heterocycles. The number of para-hydroxylation sites is 1. The second-order valence-electron chi connectivity index (χ2n) is 8.48. The summed E-state index contributed by atoms with van der Waals surface area (Å²) in [6.45, 7) is 5.04. The molecule has 0 aliphatic rings. The molecule has 1 unspecified atom stereocenters. The third kappa shape index (κ3) is 7.11. The first-order chi connectivity index (χ1) is 17.4. The summed E-state index contributed by atoms with van der Waals surface area (Å²) in [6, 6.07) is 18.9. The van der Waals surface area contributed by atoms with Gasteiger partial charge in [0.25, 0.3) is 0 Å². The maximum atomic E-state index is 13.8. The molecule has 0 spiro atoms. The largest absolute Gasteiger partial charge is 0.431 e. The summed E-state index contributed by atoms with van der Waals surface area (Å²) in [6.07, 6.45) is 2.41. The summed E-state index contributed by atoms with van der Waals surface area (Å²) in [5, 5.41) is 3.06. The normalized spacial score (nSPS) is 14.8. The Morgan fingerprint density at radius 2 is 1.69 bits per heavy atom. The predicted molar refractivity (Wildman–Crippen MR) is 139 cm³/mol. The molecule has 3 atom stereocenters. The van der Waals surface area contributed by atoms with E-state index in [2.05, 4.69) is 20.0 Å². The molecular weight excluding hydrogens is 479 g/mol. The van der Waals surface area contributed by atoms with E-state index in [9.17, 15) is 4.57 Å². The van der Waals surface area contributed by atoms with Crippen molar-refractivity contribution in [3.63, 3.8) is 0 Å². The summed E-state index contributed by atoms with van der Waals surface area (Å²) in [5.41, 5.74) is 8.10. The number of benzene rings is 2. The van der Waals surface area contributed by atoms with Crippen molar-refractivity contribution in [1.82, 2.24) is 24.6 Å². The zero-order valence-electron chi connectivity index (χ0n) is 20.4. The van der Waals surface area contributed by atoms with Gasteiger partial charge in [-0.2, -0.15) is 0 Å². The number of rotatable bonds is 13. The summed E-state index contributed by atoms with van der Waals surface area (Å²) in [5.74, 6) is 0.816. The van der Waals surface area contributed by atoms with Gasteiger partial charge in [0.15, 0.2) is 11.5 Å². The maximum Gasteiger partial charge on any atom is 0.342 e. The Morgan fingerprint density at radius 1 is 0.972 bits per heavy atom. The number of anilines is 1. The van der Waals surface area contributed by atoms with Gasteiger partial charge >= 0.3 is 7.52 Å². The fourth-order valence-electron chi connectivity index (χ4n) is 3.48. The highest BCUT2D eigenvalue weighted by molar-refractivity contribution is 7.57. The van der Waals surface area contributed by atoms with Crippen molar-refractivity contribution >= 4 is 24.5 Å². The number of ether oxygens (including phenoxy) is 2. The third-order valence-electron chi connectivity index (χ3n) is 5.41. The van der Waals surface area contributed by atoms with Crippen LogP contribution in [0.5, 0.6) is 5.75 Å². The lowest BCUT2D eigenvalue weighted by Crippen LogP contribution is -2.29. The van der Waals surface area contributed by atoms with Crippen LogP contribution >= 0.6 is 7.52 Å². The summed E-state index contributed by atoms with van der Waals surface area (Å²) in [7, 11) is -3.41. The van der Waals surface area contributed by atoms with Gasteiger partial charge in [-0.15, -0.1) is 0 Å².